The Hall–Kier alpha value is -3.92. The average molecular weight is 437 g/mol. The van der Waals surface area contributed by atoms with Crippen molar-refractivity contribution in [1.82, 2.24) is 5.43 Å². The molecule has 0 aliphatic carbocycles. The number of nitrogens with zero attached hydrogens (tertiary/aromatic N) is 1. The molecule has 0 atom stereocenters. The molecule has 0 heterocycles. The summed E-state index contributed by atoms with van der Waals surface area (Å²) in [5.41, 5.74) is 6.31. The van der Waals surface area contributed by atoms with Crippen molar-refractivity contribution < 1.29 is 9.53 Å². The van der Waals surface area contributed by atoms with E-state index in [9.17, 15) is 4.79 Å². The van der Waals surface area contributed by atoms with Gasteiger partial charge in [-0.1, -0.05) is 87.5 Å². The lowest BCUT2D eigenvalue weighted by molar-refractivity contribution is 0.0955. The summed E-state index contributed by atoms with van der Waals surface area (Å²) < 4.78 is 6.11. The van der Waals surface area contributed by atoms with E-state index in [1.54, 1.807) is 6.21 Å². The number of hydrazone groups is 1. The van der Waals surface area contributed by atoms with E-state index >= 15 is 0 Å². The topological polar surface area (TPSA) is 50.7 Å². The van der Waals surface area contributed by atoms with Gasteiger partial charge in [0, 0.05) is 11.1 Å². The predicted octanol–water partition coefficient (Wildman–Crippen LogP) is 6.48. The van der Waals surface area contributed by atoms with Gasteiger partial charge < -0.3 is 4.74 Å². The summed E-state index contributed by atoms with van der Waals surface area (Å²) in [4.78, 5) is 12.5. The summed E-state index contributed by atoms with van der Waals surface area (Å²) in [5.74, 6) is 0.457. The summed E-state index contributed by atoms with van der Waals surface area (Å²) in [6.45, 7) is 6.88. The van der Waals surface area contributed by atoms with Gasteiger partial charge >= 0.3 is 0 Å². The number of para-hydroxylation sites is 1. The Morgan fingerprint density at radius 1 is 0.879 bits per heavy atom. The zero-order chi connectivity index (χ0) is 23.3. The summed E-state index contributed by atoms with van der Waals surface area (Å²) >= 11 is 0. The fourth-order valence-corrected chi connectivity index (χ4v) is 3.64. The Bertz CT molecular complexity index is 1280. The minimum atomic E-state index is -0.249. The lowest BCUT2D eigenvalue weighted by atomic mass is 9.87. The van der Waals surface area contributed by atoms with Crippen LogP contribution in [0.4, 0.5) is 0 Å². The van der Waals surface area contributed by atoms with E-state index in [1.165, 1.54) is 16.3 Å². The van der Waals surface area contributed by atoms with Crippen molar-refractivity contribution in [2.45, 2.75) is 32.8 Å². The Morgan fingerprint density at radius 3 is 2.36 bits per heavy atom. The highest BCUT2D eigenvalue weighted by Crippen LogP contribution is 2.23. The standard InChI is InChI=1S/C29H28N2O2/c1-29(2,3)25-17-15-22(16-18-25)28(32)31-30-19-23-10-5-7-14-27(23)33-20-24-12-8-11-21-9-4-6-13-26(21)24/h4-19H,20H2,1-3H3,(H,31,32)/b30-19-. The third-order valence-corrected chi connectivity index (χ3v) is 5.56. The van der Waals surface area contributed by atoms with Crippen LogP contribution in [0.3, 0.4) is 0 Å². The van der Waals surface area contributed by atoms with Gasteiger partial charge in [0.2, 0.25) is 0 Å². The minimum Gasteiger partial charge on any atom is -0.488 e. The second kappa shape index (κ2) is 9.70. The Balaban J connectivity index is 1.42. The molecule has 4 rings (SSSR count). The summed E-state index contributed by atoms with van der Waals surface area (Å²) in [6, 6.07) is 29.7. The zero-order valence-electron chi connectivity index (χ0n) is 19.2. The van der Waals surface area contributed by atoms with E-state index in [4.69, 9.17) is 4.74 Å². The number of ether oxygens (including phenoxy) is 1. The van der Waals surface area contributed by atoms with E-state index in [-0.39, 0.29) is 11.3 Å². The van der Waals surface area contributed by atoms with Crippen molar-refractivity contribution in [3.63, 3.8) is 0 Å². The third-order valence-electron chi connectivity index (χ3n) is 5.56. The molecule has 4 aromatic carbocycles. The molecule has 0 radical (unpaired) electrons. The largest absolute Gasteiger partial charge is 0.488 e. The number of fused-ring (bicyclic) bond motifs is 1. The number of hydrogen-bond acceptors (Lipinski definition) is 3. The van der Waals surface area contributed by atoms with E-state index < -0.39 is 0 Å². The first-order valence-corrected chi connectivity index (χ1v) is 11.0. The molecule has 0 aliphatic rings. The van der Waals surface area contributed by atoms with Gasteiger partial charge in [-0.3, -0.25) is 4.79 Å². The van der Waals surface area contributed by atoms with Crippen LogP contribution in [0.15, 0.2) is 96.1 Å². The molecule has 0 unspecified atom stereocenters. The Labute approximate surface area is 194 Å². The molecule has 4 nitrogen and oxygen atoms in total. The van der Waals surface area contributed by atoms with Crippen LogP contribution in [0.25, 0.3) is 10.8 Å². The highest BCUT2D eigenvalue weighted by molar-refractivity contribution is 5.95. The maximum Gasteiger partial charge on any atom is 0.271 e. The molecule has 1 N–H and O–H groups in total. The second-order valence-electron chi connectivity index (χ2n) is 8.99. The lowest BCUT2D eigenvalue weighted by Gasteiger charge is -2.18. The molecular weight excluding hydrogens is 408 g/mol. The van der Waals surface area contributed by atoms with Gasteiger partial charge in [0.1, 0.15) is 12.4 Å². The Morgan fingerprint density at radius 2 is 1.58 bits per heavy atom. The molecule has 0 bridgehead atoms. The molecule has 0 aliphatic heterocycles. The lowest BCUT2D eigenvalue weighted by Crippen LogP contribution is -2.18. The number of benzene rings is 4. The summed E-state index contributed by atoms with van der Waals surface area (Å²) in [6.07, 6.45) is 1.61. The highest BCUT2D eigenvalue weighted by atomic mass is 16.5. The van der Waals surface area contributed by atoms with Crippen LogP contribution in [0.1, 0.15) is 47.8 Å². The molecule has 1 amide bonds. The van der Waals surface area contributed by atoms with Crippen LogP contribution in [0.5, 0.6) is 5.75 Å². The van der Waals surface area contributed by atoms with Gasteiger partial charge in [0.25, 0.3) is 5.91 Å². The summed E-state index contributed by atoms with van der Waals surface area (Å²) in [7, 11) is 0. The van der Waals surface area contributed by atoms with Crippen LogP contribution in [-0.2, 0) is 12.0 Å². The van der Waals surface area contributed by atoms with E-state index in [0.29, 0.717) is 17.9 Å². The average Bonchev–Trinajstić information content (AvgIpc) is 2.83. The van der Waals surface area contributed by atoms with Crippen molar-refractivity contribution in [3.8, 4) is 5.75 Å². The first-order valence-electron chi connectivity index (χ1n) is 11.0. The second-order valence-corrected chi connectivity index (χ2v) is 8.99. The Kier molecular flexibility index (Phi) is 6.55. The molecule has 4 aromatic rings. The first-order chi connectivity index (χ1) is 15.9. The number of rotatable bonds is 6. The molecule has 0 saturated heterocycles. The van der Waals surface area contributed by atoms with Crippen molar-refractivity contribution >= 4 is 22.9 Å². The number of carbonyl (C=O) groups excluding carboxylic acids is 1. The van der Waals surface area contributed by atoms with Gasteiger partial charge in [-0.15, -0.1) is 0 Å². The molecular formula is C29H28N2O2. The molecule has 166 valence electrons. The minimum absolute atomic E-state index is 0.0446. The molecule has 33 heavy (non-hydrogen) atoms. The number of amides is 1. The number of carbonyl (C=O) groups is 1. The number of nitrogens with one attached hydrogen (secondary N) is 1. The smallest absolute Gasteiger partial charge is 0.271 e. The molecule has 0 saturated carbocycles. The van der Waals surface area contributed by atoms with E-state index in [1.807, 2.05) is 66.7 Å². The molecule has 0 spiro atoms. The predicted molar refractivity (Wildman–Crippen MR) is 135 cm³/mol. The first kappa shape index (κ1) is 22.3. The monoisotopic (exact) mass is 436 g/mol. The SMILES string of the molecule is CC(C)(C)c1ccc(C(=O)N/N=C\c2ccccc2OCc2cccc3ccccc23)cc1. The maximum atomic E-state index is 12.5. The van der Waals surface area contributed by atoms with Gasteiger partial charge in [0.15, 0.2) is 0 Å². The van der Waals surface area contributed by atoms with Crippen LogP contribution in [-0.4, -0.2) is 12.1 Å². The van der Waals surface area contributed by atoms with Crippen molar-refractivity contribution in [2.75, 3.05) is 0 Å². The molecule has 0 aromatic heterocycles. The van der Waals surface area contributed by atoms with Crippen LogP contribution in [0.2, 0.25) is 0 Å². The summed E-state index contributed by atoms with van der Waals surface area (Å²) in [5, 5.41) is 6.51. The fraction of sp³-hybridized carbons (Fsp3) is 0.172. The molecule has 0 fully saturated rings. The quantitative estimate of drug-likeness (QED) is 0.278. The number of hydrogen-bond donors (Lipinski definition) is 1. The van der Waals surface area contributed by atoms with Gasteiger partial charge in [-0.2, -0.15) is 5.10 Å². The fourth-order valence-electron chi connectivity index (χ4n) is 3.64. The van der Waals surface area contributed by atoms with Crippen LogP contribution >= 0.6 is 0 Å². The van der Waals surface area contributed by atoms with Crippen molar-refractivity contribution in [3.05, 3.63) is 113 Å². The van der Waals surface area contributed by atoms with Crippen LogP contribution < -0.4 is 10.2 Å². The maximum absolute atomic E-state index is 12.5. The van der Waals surface area contributed by atoms with Gasteiger partial charge in [-0.25, -0.2) is 5.43 Å². The molecule has 4 heteroatoms. The van der Waals surface area contributed by atoms with Gasteiger partial charge in [-0.05, 0) is 51.6 Å². The van der Waals surface area contributed by atoms with Crippen molar-refractivity contribution in [2.24, 2.45) is 5.10 Å². The van der Waals surface area contributed by atoms with E-state index in [0.717, 1.165) is 11.1 Å². The van der Waals surface area contributed by atoms with Crippen LogP contribution in [0, 0.1) is 0 Å². The zero-order valence-corrected chi connectivity index (χ0v) is 19.2. The normalized spacial score (nSPS) is 11.6. The van der Waals surface area contributed by atoms with E-state index in [2.05, 4.69) is 55.6 Å². The highest BCUT2D eigenvalue weighted by Gasteiger charge is 2.14. The van der Waals surface area contributed by atoms with Crippen molar-refractivity contribution in [1.29, 1.82) is 0 Å². The third kappa shape index (κ3) is 5.47. The van der Waals surface area contributed by atoms with Gasteiger partial charge in [0.05, 0.1) is 6.21 Å².